The Balaban J connectivity index is 1.91. The van der Waals surface area contributed by atoms with Crippen LogP contribution >= 0.6 is 0 Å². The highest BCUT2D eigenvalue weighted by Crippen LogP contribution is 2.24. The molecule has 0 heterocycles. The first kappa shape index (κ1) is 13.4. The molecule has 0 aliphatic heterocycles. The van der Waals surface area contributed by atoms with Gasteiger partial charge < -0.3 is 0 Å². The highest BCUT2D eigenvalue weighted by Gasteiger charge is 2.20. The molecule has 0 radical (unpaired) electrons. The Bertz CT molecular complexity index is 513. The Hall–Kier alpha value is -2.06. The van der Waals surface area contributed by atoms with Crippen molar-refractivity contribution in [3.8, 4) is 0 Å². The molecule has 1 aromatic rings. The van der Waals surface area contributed by atoms with E-state index in [0.29, 0.717) is 11.5 Å². The molecule has 0 N–H and O–H groups in total. The number of allylic oxidation sites excluding steroid dienone is 1. The molecule has 1 aliphatic carbocycles. The van der Waals surface area contributed by atoms with Crippen molar-refractivity contribution >= 4 is 17.5 Å². The summed E-state index contributed by atoms with van der Waals surface area (Å²) >= 11 is 0. The second kappa shape index (κ2) is 6.76. The maximum Gasteiger partial charge on any atom is 0.136 e. The summed E-state index contributed by atoms with van der Waals surface area (Å²) in [6, 6.07) is 7.38. The molecule has 4 nitrogen and oxygen atoms in total. The molecular formula is C15H17N3O. The molecule has 1 aromatic carbocycles. The summed E-state index contributed by atoms with van der Waals surface area (Å²) in [6.07, 6.45) is 8.92. The predicted octanol–water partition coefficient (Wildman–Crippen LogP) is 4.79. The summed E-state index contributed by atoms with van der Waals surface area (Å²) in [5.74, 6) is 0.627. The fourth-order valence-corrected chi connectivity index (χ4v) is 2.38. The lowest BCUT2D eigenvalue weighted by molar-refractivity contribution is -0.124. The van der Waals surface area contributed by atoms with Crippen molar-refractivity contribution in [3.63, 3.8) is 0 Å². The standard InChI is InChI=1S/C15H17N3O/c16-18-17-14-10-8-12(9-11-14)4-3-6-13-5-1-2-7-15(13)19/h3-4,8-11,13H,1-2,5-7H2. The van der Waals surface area contributed by atoms with E-state index in [4.69, 9.17) is 5.53 Å². The van der Waals surface area contributed by atoms with Gasteiger partial charge in [0.25, 0.3) is 0 Å². The maximum atomic E-state index is 11.7. The van der Waals surface area contributed by atoms with Crippen molar-refractivity contribution < 1.29 is 4.79 Å². The molecule has 4 heteroatoms. The van der Waals surface area contributed by atoms with Crippen LogP contribution in [0.5, 0.6) is 0 Å². The lowest BCUT2D eigenvalue weighted by atomic mass is 9.85. The number of benzene rings is 1. The van der Waals surface area contributed by atoms with Crippen molar-refractivity contribution in [3.05, 3.63) is 46.3 Å². The molecule has 1 atom stereocenters. The normalized spacial score (nSPS) is 19.4. The van der Waals surface area contributed by atoms with E-state index in [-0.39, 0.29) is 5.92 Å². The van der Waals surface area contributed by atoms with Crippen molar-refractivity contribution in [1.29, 1.82) is 0 Å². The first-order chi connectivity index (χ1) is 9.29. The van der Waals surface area contributed by atoms with E-state index in [2.05, 4.69) is 16.1 Å². The number of hydrogen-bond donors (Lipinski definition) is 0. The zero-order valence-electron chi connectivity index (χ0n) is 10.8. The molecule has 0 amide bonds. The molecule has 0 spiro atoms. The lowest BCUT2D eigenvalue weighted by Crippen LogP contribution is -2.17. The summed E-state index contributed by atoms with van der Waals surface area (Å²) in [4.78, 5) is 14.4. The van der Waals surface area contributed by atoms with E-state index in [1.807, 2.05) is 18.2 Å². The van der Waals surface area contributed by atoms with Gasteiger partial charge in [-0.25, -0.2) is 0 Å². The lowest BCUT2D eigenvalue weighted by Gasteiger charge is -2.18. The molecule has 1 fully saturated rings. The van der Waals surface area contributed by atoms with Crippen molar-refractivity contribution in [1.82, 2.24) is 0 Å². The zero-order valence-corrected chi connectivity index (χ0v) is 10.8. The van der Waals surface area contributed by atoms with E-state index in [1.165, 1.54) is 6.42 Å². The zero-order chi connectivity index (χ0) is 13.5. The van der Waals surface area contributed by atoms with Crippen LogP contribution in [0, 0.1) is 5.92 Å². The summed E-state index contributed by atoms with van der Waals surface area (Å²) in [6.45, 7) is 0. The summed E-state index contributed by atoms with van der Waals surface area (Å²) in [5, 5.41) is 3.52. The summed E-state index contributed by atoms with van der Waals surface area (Å²) in [7, 11) is 0. The number of Topliss-reactive ketones (excluding diaryl/α,β-unsaturated/α-hetero) is 1. The third-order valence-corrected chi connectivity index (χ3v) is 3.47. The van der Waals surface area contributed by atoms with Gasteiger partial charge in [-0.15, -0.1) is 0 Å². The Labute approximate surface area is 112 Å². The van der Waals surface area contributed by atoms with Gasteiger partial charge in [0.2, 0.25) is 0 Å². The number of rotatable bonds is 4. The van der Waals surface area contributed by atoms with Gasteiger partial charge in [0, 0.05) is 22.9 Å². The van der Waals surface area contributed by atoms with Gasteiger partial charge in [-0.1, -0.05) is 48.0 Å². The molecule has 0 aromatic heterocycles. The molecule has 98 valence electrons. The van der Waals surface area contributed by atoms with Crippen LogP contribution in [0.25, 0.3) is 16.5 Å². The molecular weight excluding hydrogens is 238 g/mol. The minimum absolute atomic E-state index is 0.215. The Morgan fingerprint density at radius 1 is 1.32 bits per heavy atom. The molecule has 1 unspecified atom stereocenters. The van der Waals surface area contributed by atoms with Gasteiger partial charge in [0.05, 0.1) is 0 Å². The van der Waals surface area contributed by atoms with Gasteiger partial charge >= 0.3 is 0 Å². The number of hydrogen-bond acceptors (Lipinski definition) is 2. The minimum atomic E-state index is 0.215. The number of azide groups is 1. The van der Waals surface area contributed by atoms with Crippen molar-refractivity contribution in [2.45, 2.75) is 32.1 Å². The maximum absolute atomic E-state index is 11.7. The van der Waals surface area contributed by atoms with Crippen LogP contribution in [-0.2, 0) is 4.79 Å². The molecule has 19 heavy (non-hydrogen) atoms. The number of carbonyl (C=O) groups is 1. The monoisotopic (exact) mass is 255 g/mol. The SMILES string of the molecule is [N-]=[N+]=Nc1ccc(C=CCC2CCCCC2=O)cc1. The second-order valence-electron chi connectivity index (χ2n) is 4.83. The van der Waals surface area contributed by atoms with Crippen LogP contribution in [0.3, 0.4) is 0 Å². The van der Waals surface area contributed by atoms with E-state index in [1.54, 1.807) is 12.1 Å². The largest absolute Gasteiger partial charge is 0.299 e. The van der Waals surface area contributed by atoms with Gasteiger partial charge in [0.1, 0.15) is 5.78 Å². The summed E-state index contributed by atoms with van der Waals surface area (Å²) < 4.78 is 0. The molecule has 0 bridgehead atoms. The van der Waals surface area contributed by atoms with Gasteiger partial charge in [0.15, 0.2) is 0 Å². The average Bonchev–Trinajstić information content (AvgIpc) is 2.43. The van der Waals surface area contributed by atoms with Gasteiger partial charge in [-0.2, -0.15) is 0 Å². The number of ketones is 1. The van der Waals surface area contributed by atoms with Crippen LogP contribution in [0.15, 0.2) is 35.5 Å². The fraction of sp³-hybridized carbons (Fsp3) is 0.400. The minimum Gasteiger partial charge on any atom is -0.299 e. The third kappa shape index (κ3) is 3.97. The van der Waals surface area contributed by atoms with E-state index in [9.17, 15) is 4.79 Å². The van der Waals surface area contributed by atoms with Crippen LogP contribution in [-0.4, -0.2) is 5.78 Å². The predicted molar refractivity (Wildman–Crippen MR) is 75.9 cm³/mol. The quantitative estimate of drug-likeness (QED) is 0.433. The number of nitrogens with zero attached hydrogens (tertiary/aromatic N) is 3. The van der Waals surface area contributed by atoms with Crippen LogP contribution in [0.2, 0.25) is 0 Å². The van der Waals surface area contributed by atoms with Crippen LogP contribution in [0.4, 0.5) is 5.69 Å². The average molecular weight is 255 g/mol. The third-order valence-electron chi connectivity index (χ3n) is 3.47. The van der Waals surface area contributed by atoms with Crippen LogP contribution < -0.4 is 0 Å². The van der Waals surface area contributed by atoms with Crippen molar-refractivity contribution in [2.75, 3.05) is 0 Å². The first-order valence-corrected chi connectivity index (χ1v) is 6.64. The highest BCUT2D eigenvalue weighted by atomic mass is 16.1. The molecule has 0 saturated heterocycles. The van der Waals surface area contributed by atoms with E-state index >= 15 is 0 Å². The van der Waals surface area contributed by atoms with Gasteiger partial charge in [-0.05, 0) is 30.4 Å². The smallest absolute Gasteiger partial charge is 0.136 e. The second-order valence-corrected chi connectivity index (χ2v) is 4.83. The Morgan fingerprint density at radius 3 is 2.79 bits per heavy atom. The number of carbonyl (C=O) groups excluding carboxylic acids is 1. The van der Waals surface area contributed by atoms with E-state index in [0.717, 1.165) is 31.2 Å². The molecule has 1 saturated carbocycles. The van der Waals surface area contributed by atoms with Crippen LogP contribution in [0.1, 0.15) is 37.7 Å². The Kier molecular flexibility index (Phi) is 4.76. The molecule has 2 rings (SSSR count). The fourth-order valence-electron chi connectivity index (χ4n) is 2.38. The highest BCUT2D eigenvalue weighted by molar-refractivity contribution is 5.81. The molecule has 1 aliphatic rings. The Morgan fingerprint density at radius 2 is 2.11 bits per heavy atom. The first-order valence-electron chi connectivity index (χ1n) is 6.64. The van der Waals surface area contributed by atoms with Crippen molar-refractivity contribution in [2.24, 2.45) is 11.0 Å². The van der Waals surface area contributed by atoms with Gasteiger partial charge in [-0.3, -0.25) is 4.79 Å². The summed E-state index contributed by atoms with van der Waals surface area (Å²) in [5.41, 5.74) is 9.98. The van der Waals surface area contributed by atoms with E-state index < -0.39 is 0 Å². The topological polar surface area (TPSA) is 65.8 Å².